The minimum atomic E-state index is -0.978. The normalized spacial score (nSPS) is 14.9. The van der Waals surface area contributed by atoms with Crippen LogP contribution in [0.25, 0.3) is 0 Å². The van der Waals surface area contributed by atoms with Crippen molar-refractivity contribution >= 4 is 17.8 Å². The summed E-state index contributed by atoms with van der Waals surface area (Å²) in [5.41, 5.74) is 1.00. The first-order chi connectivity index (χ1) is 9.97. The molecule has 6 heteroatoms. The fourth-order valence-corrected chi connectivity index (χ4v) is 2.32. The summed E-state index contributed by atoms with van der Waals surface area (Å²) in [6.07, 6.45) is 0.250. The number of hydrogen-bond acceptors (Lipinski definition) is 3. The third-order valence-electron chi connectivity index (χ3n) is 3.63. The molecule has 2 amide bonds. The number of hydrogen-bond donors (Lipinski definition) is 1. The molecule has 0 unspecified atom stereocenters. The molecule has 6 nitrogen and oxygen atoms in total. The summed E-state index contributed by atoms with van der Waals surface area (Å²) in [6, 6.07) is 6.32. The van der Waals surface area contributed by atoms with Gasteiger partial charge < -0.3 is 14.9 Å². The molecule has 2 rings (SSSR count). The van der Waals surface area contributed by atoms with Crippen molar-refractivity contribution in [1.82, 2.24) is 9.80 Å². The van der Waals surface area contributed by atoms with Crippen molar-refractivity contribution in [3.63, 3.8) is 0 Å². The average molecular weight is 290 g/mol. The maximum absolute atomic E-state index is 12.2. The van der Waals surface area contributed by atoms with Crippen molar-refractivity contribution in [3.8, 4) is 0 Å². The highest BCUT2D eigenvalue weighted by atomic mass is 16.4. The van der Waals surface area contributed by atoms with Gasteiger partial charge in [0.05, 0.1) is 12.0 Å². The van der Waals surface area contributed by atoms with Crippen molar-refractivity contribution in [2.45, 2.75) is 13.3 Å². The van der Waals surface area contributed by atoms with E-state index in [1.54, 1.807) is 21.9 Å². The van der Waals surface area contributed by atoms with Gasteiger partial charge in [0.15, 0.2) is 0 Å². The van der Waals surface area contributed by atoms with Gasteiger partial charge in [-0.1, -0.05) is 12.1 Å². The van der Waals surface area contributed by atoms with Gasteiger partial charge in [-0.2, -0.15) is 0 Å². The van der Waals surface area contributed by atoms with Crippen LogP contribution in [0.15, 0.2) is 24.3 Å². The lowest BCUT2D eigenvalue weighted by Gasteiger charge is -2.34. The SMILES string of the molecule is CC(=O)N1CCN(C(=O)Cc2ccc(C(=O)O)cc2)CC1. The number of carbonyl (C=O) groups is 3. The maximum Gasteiger partial charge on any atom is 0.335 e. The van der Waals surface area contributed by atoms with Gasteiger partial charge in [0.25, 0.3) is 0 Å². The van der Waals surface area contributed by atoms with Crippen molar-refractivity contribution in [2.75, 3.05) is 26.2 Å². The fourth-order valence-electron chi connectivity index (χ4n) is 2.32. The van der Waals surface area contributed by atoms with E-state index in [1.807, 2.05) is 0 Å². The van der Waals surface area contributed by atoms with Gasteiger partial charge in [-0.25, -0.2) is 4.79 Å². The van der Waals surface area contributed by atoms with Crippen LogP contribution < -0.4 is 0 Å². The molecule has 112 valence electrons. The van der Waals surface area contributed by atoms with E-state index in [0.29, 0.717) is 26.2 Å². The molecule has 0 aliphatic carbocycles. The fraction of sp³-hybridized carbons (Fsp3) is 0.400. The highest BCUT2D eigenvalue weighted by Crippen LogP contribution is 2.09. The lowest BCUT2D eigenvalue weighted by Crippen LogP contribution is -2.50. The summed E-state index contributed by atoms with van der Waals surface area (Å²) in [5.74, 6) is -0.944. The van der Waals surface area contributed by atoms with Crippen LogP contribution in [0, 0.1) is 0 Å². The third kappa shape index (κ3) is 3.81. The lowest BCUT2D eigenvalue weighted by atomic mass is 10.1. The lowest BCUT2D eigenvalue weighted by molar-refractivity contribution is -0.138. The van der Waals surface area contributed by atoms with Crippen LogP contribution in [0.3, 0.4) is 0 Å². The van der Waals surface area contributed by atoms with Crippen LogP contribution in [-0.2, 0) is 16.0 Å². The largest absolute Gasteiger partial charge is 0.478 e. The predicted octanol–water partition coefficient (Wildman–Crippen LogP) is 0.618. The number of carbonyl (C=O) groups excluding carboxylic acids is 2. The molecular weight excluding hydrogens is 272 g/mol. The molecule has 1 aromatic rings. The van der Waals surface area contributed by atoms with Crippen LogP contribution in [-0.4, -0.2) is 58.9 Å². The molecule has 1 fully saturated rings. The summed E-state index contributed by atoms with van der Waals surface area (Å²) in [6.45, 7) is 3.76. The topological polar surface area (TPSA) is 77.9 Å². The van der Waals surface area contributed by atoms with Gasteiger partial charge >= 0.3 is 5.97 Å². The number of aromatic carboxylic acids is 1. The van der Waals surface area contributed by atoms with Crippen molar-refractivity contribution in [3.05, 3.63) is 35.4 Å². The Bertz CT molecular complexity index is 545. The first-order valence-electron chi connectivity index (χ1n) is 6.83. The zero-order chi connectivity index (χ0) is 15.4. The zero-order valence-corrected chi connectivity index (χ0v) is 11.9. The first-order valence-corrected chi connectivity index (χ1v) is 6.83. The van der Waals surface area contributed by atoms with Gasteiger partial charge in [-0.15, -0.1) is 0 Å². The van der Waals surface area contributed by atoms with E-state index in [4.69, 9.17) is 5.11 Å². The van der Waals surface area contributed by atoms with Crippen LogP contribution in [0.4, 0.5) is 0 Å². The zero-order valence-electron chi connectivity index (χ0n) is 11.9. The first kappa shape index (κ1) is 15.0. The number of nitrogens with zero attached hydrogens (tertiary/aromatic N) is 2. The second kappa shape index (κ2) is 6.39. The Labute approximate surface area is 123 Å². The molecule has 1 aliphatic heterocycles. The summed E-state index contributed by atoms with van der Waals surface area (Å²) in [5, 5.41) is 8.82. The molecule has 1 aromatic carbocycles. The summed E-state index contributed by atoms with van der Waals surface area (Å²) in [7, 11) is 0. The second-order valence-corrected chi connectivity index (χ2v) is 5.07. The molecule has 0 spiro atoms. The summed E-state index contributed by atoms with van der Waals surface area (Å²) in [4.78, 5) is 37.6. The minimum Gasteiger partial charge on any atom is -0.478 e. The van der Waals surface area contributed by atoms with Crippen LogP contribution >= 0.6 is 0 Å². The molecule has 0 radical (unpaired) electrons. The molecule has 1 aliphatic rings. The monoisotopic (exact) mass is 290 g/mol. The van der Waals surface area contributed by atoms with Gasteiger partial charge in [0.2, 0.25) is 11.8 Å². The molecular formula is C15H18N2O4. The average Bonchev–Trinajstić information content (AvgIpc) is 2.47. The smallest absolute Gasteiger partial charge is 0.335 e. The number of piperazine rings is 1. The summed E-state index contributed by atoms with van der Waals surface area (Å²) >= 11 is 0. The second-order valence-electron chi connectivity index (χ2n) is 5.07. The number of carboxylic acid groups (broad SMARTS) is 1. The molecule has 21 heavy (non-hydrogen) atoms. The van der Waals surface area contributed by atoms with Gasteiger partial charge in [-0.05, 0) is 17.7 Å². The summed E-state index contributed by atoms with van der Waals surface area (Å²) < 4.78 is 0. The number of rotatable bonds is 3. The van der Waals surface area contributed by atoms with E-state index in [9.17, 15) is 14.4 Å². The van der Waals surface area contributed by atoms with Crippen molar-refractivity contribution in [2.24, 2.45) is 0 Å². The Kier molecular flexibility index (Phi) is 4.57. The molecule has 0 atom stereocenters. The number of benzene rings is 1. The maximum atomic E-state index is 12.2. The molecule has 0 bridgehead atoms. The van der Waals surface area contributed by atoms with Crippen molar-refractivity contribution in [1.29, 1.82) is 0 Å². The standard InChI is InChI=1S/C15H18N2O4/c1-11(18)16-6-8-17(9-7-16)14(19)10-12-2-4-13(5-3-12)15(20)21/h2-5H,6-10H2,1H3,(H,20,21). The Hall–Kier alpha value is -2.37. The quantitative estimate of drug-likeness (QED) is 0.885. The van der Waals surface area contributed by atoms with Crippen LogP contribution in [0.2, 0.25) is 0 Å². The van der Waals surface area contributed by atoms with Gasteiger partial charge in [-0.3, -0.25) is 9.59 Å². The Morgan fingerprint density at radius 1 is 1.00 bits per heavy atom. The van der Waals surface area contributed by atoms with Gasteiger partial charge in [0.1, 0.15) is 0 Å². The van der Waals surface area contributed by atoms with E-state index >= 15 is 0 Å². The van der Waals surface area contributed by atoms with Crippen LogP contribution in [0.5, 0.6) is 0 Å². The van der Waals surface area contributed by atoms with Crippen LogP contribution in [0.1, 0.15) is 22.8 Å². The third-order valence-corrected chi connectivity index (χ3v) is 3.63. The molecule has 1 saturated heterocycles. The van der Waals surface area contributed by atoms with E-state index in [-0.39, 0.29) is 23.8 Å². The van der Waals surface area contributed by atoms with Gasteiger partial charge in [0, 0.05) is 33.1 Å². The molecule has 1 heterocycles. The Balaban J connectivity index is 1.90. The molecule has 1 N–H and O–H groups in total. The number of carboxylic acids is 1. The van der Waals surface area contributed by atoms with E-state index < -0.39 is 5.97 Å². The molecule has 0 aromatic heterocycles. The van der Waals surface area contributed by atoms with Crippen molar-refractivity contribution < 1.29 is 19.5 Å². The number of amides is 2. The molecule has 0 saturated carbocycles. The minimum absolute atomic E-state index is 0.00118. The highest BCUT2D eigenvalue weighted by molar-refractivity contribution is 5.87. The Morgan fingerprint density at radius 2 is 1.52 bits per heavy atom. The van der Waals surface area contributed by atoms with E-state index in [2.05, 4.69) is 0 Å². The Morgan fingerprint density at radius 3 is 2.00 bits per heavy atom. The predicted molar refractivity (Wildman–Crippen MR) is 75.9 cm³/mol. The van der Waals surface area contributed by atoms with E-state index in [1.165, 1.54) is 19.1 Å². The van der Waals surface area contributed by atoms with E-state index in [0.717, 1.165) is 5.56 Å². The highest BCUT2D eigenvalue weighted by Gasteiger charge is 2.22.